The molecule has 0 fully saturated rings. The lowest BCUT2D eigenvalue weighted by molar-refractivity contribution is -0.116. The lowest BCUT2D eigenvalue weighted by Gasteiger charge is -2.19. The number of hydrogen-bond donors (Lipinski definition) is 1. The standard InChI is InChI=1S/C19H23N3O3S/c1-13-9-16(24-3)17(25-4)10-15(13)12-22(2)7-5-18(23)21-19-14(11-20)6-8-26-19/h6,8-10H,5,7,12H2,1-4H3,(H,21,23). The smallest absolute Gasteiger partial charge is 0.226 e. The van der Waals surface area contributed by atoms with Crippen molar-refractivity contribution in [3.8, 4) is 17.6 Å². The first kappa shape index (κ1) is 19.8. The minimum Gasteiger partial charge on any atom is -0.493 e. The monoisotopic (exact) mass is 373 g/mol. The van der Waals surface area contributed by atoms with Gasteiger partial charge in [-0.05, 0) is 48.7 Å². The lowest BCUT2D eigenvalue weighted by Crippen LogP contribution is -2.24. The molecule has 0 aliphatic rings. The van der Waals surface area contributed by atoms with Crippen LogP contribution in [-0.4, -0.2) is 38.6 Å². The Labute approximate surface area is 158 Å². The Balaban J connectivity index is 1.91. The quantitative estimate of drug-likeness (QED) is 0.767. The number of aryl methyl sites for hydroxylation is 1. The topological polar surface area (TPSA) is 74.6 Å². The van der Waals surface area contributed by atoms with Crippen molar-refractivity contribution in [1.29, 1.82) is 5.26 Å². The first-order valence-corrected chi connectivity index (χ1v) is 9.04. The van der Waals surface area contributed by atoms with Gasteiger partial charge in [0, 0.05) is 19.5 Å². The maximum absolute atomic E-state index is 12.1. The molecule has 0 spiro atoms. The number of methoxy groups -OCH3 is 2. The summed E-state index contributed by atoms with van der Waals surface area (Å²) in [4.78, 5) is 14.2. The van der Waals surface area contributed by atoms with Crippen LogP contribution in [0.2, 0.25) is 0 Å². The third kappa shape index (κ3) is 4.97. The van der Waals surface area contributed by atoms with E-state index in [0.29, 0.717) is 41.6 Å². The molecule has 138 valence electrons. The van der Waals surface area contributed by atoms with Crippen molar-refractivity contribution in [2.45, 2.75) is 19.9 Å². The number of nitrogens with one attached hydrogen (secondary N) is 1. The summed E-state index contributed by atoms with van der Waals surface area (Å²) in [5, 5.41) is 14.2. The zero-order valence-corrected chi connectivity index (χ0v) is 16.3. The van der Waals surface area contributed by atoms with Crippen molar-refractivity contribution in [2.75, 3.05) is 33.1 Å². The molecule has 1 N–H and O–H groups in total. The van der Waals surface area contributed by atoms with Crippen molar-refractivity contribution in [2.24, 2.45) is 0 Å². The first-order chi connectivity index (χ1) is 12.5. The van der Waals surface area contributed by atoms with Gasteiger partial charge in [0.25, 0.3) is 0 Å². The van der Waals surface area contributed by atoms with Gasteiger partial charge in [0.05, 0.1) is 19.8 Å². The van der Waals surface area contributed by atoms with E-state index in [9.17, 15) is 4.79 Å². The zero-order chi connectivity index (χ0) is 19.1. The van der Waals surface area contributed by atoms with Crippen LogP contribution in [0.15, 0.2) is 23.6 Å². The average Bonchev–Trinajstić information content (AvgIpc) is 3.08. The highest BCUT2D eigenvalue weighted by Gasteiger charge is 2.12. The van der Waals surface area contributed by atoms with Gasteiger partial charge in [-0.15, -0.1) is 11.3 Å². The molecule has 1 amide bonds. The largest absolute Gasteiger partial charge is 0.493 e. The predicted octanol–water partition coefficient (Wildman–Crippen LogP) is 3.41. The Morgan fingerprint density at radius 3 is 2.65 bits per heavy atom. The van der Waals surface area contributed by atoms with Crippen LogP contribution in [0.5, 0.6) is 11.5 Å². The van der Waals surface area contributed by atoms with Crippen LogP contribution in [0.1, 0.15) is 23.1 Å². The molecule has 0 aliphatic heterocycles. The molecule has 2 aromatic rings. The molecule has 0 bridgehead atoms. The summed E-state index contributed by atoms with van der Waals surface area (Å²) in [6.45, 7) is 3.33. The Kier molecular flexibility index (Phi) is 7.01. The first-order valence-electron chi connectivity index (χ1n) is 8.16. The van der Waals surface area contributed by atoms with Gasteiger partial charge in [0.2, 0.25) is 5.91 Å². The Morgan fingerprint density at radius 2 is 2.00 bits per heavy atom. The van der Waals surface area contributed by atoms with Gasteiger partial charge in [-0.3, -0.25) is 4.79 Å². The summed E-state index contributed by atoms with van der Waals surface area (Å²) < 4.78 is 10.7. The number of carbonyl (C=O) groups excluding carboxylic acids is 1. The number of thiophene rings is 1. The van der Waals surface area contributed by atoms with E-state index in [2.05, 4.69) is 16.3 Å². The number of rotatable bonds is 8. The molecule has 7 heteroatoms. The van der Waals surface area contributed by atoms with Crippen LogP contribution in [-0.2, 0) is 11.3 Å². The van der Waals surface area contributed by atoms with E-state index < -0.39 is 0 Å². The summed E-state index contributed by atoms with van der Waals surface area (Å²) in [6, 6.07) is 7.69. The number of nitriles is 1. The molecule has 1 aromatic heterocycles. The van der Waals surface area contributed by atoms with Crippen LogP contribution in [0.25, 0.3) is 0 Å². The molecule has 0 aliphatic carbocycles. The highest BCUT2D eigenvalue weighted by molar-refractivity contribution is 7.14. The Hall–Kier alpha value is -2.56. The van der Waals surface area contributed by atoms with Crippen molar-refractivity contribution < 1.29 is 14.3 Å². The summed E-state index contributed by atoms with van der Waals surface area (Å²) in [5.41, 5.74) is 2.73. The molecule has 1 aromatic carbocycles. The molecular formula is C19H23N3O3S. The summed E-state index contributed by atoms with van der Waals surface area (Å²) >= 11 is 1.36. The lowest BCUT2D eigenvalue weighted by atomic mass is 10.1. The highest BCUT2D eigenvalue weighted by Crippen LogP contribution is 2.30. The van der Waals surface area contributed by atoms with Crippen LogP contribution < -0.4 is 14.8 Å². The van der Waals surface area contributed by atoms with E-state index in [0.717, 1.165) is 11.1 Å². The van der Waals surface area contributed by atoms with Gasteiger partial charge in [0.1, 0.15) is 11.1 Å². The fourth-order valence-electron chi connectivity index (χ4n) is 2.54. The van der Waals surface area contributed by atoms with E-state index in [1.807, 2.05) is 26.1 Å². The molecule has 6 nitrogen and oxygen atoms in total. The second-order valence-corrected chi connectivity index (χ2v) is 6.86. The fourth-order valence-corrected chi connectivity index (χ4v) is 3.29. The van der Waals surface area contributed by atoms with Crippen molar-refractivity contribution in [3.63, 3.8) is 0 Å². The number of carbonyl (C=O) groups is 1. The van der Waals surface area contributed by atoms with Gasteiger partial charge in [-0.2, -0.15) is 5.26 Å². The van der Waals surface area contributed by atoms with Gasteiger partial charge >= 0.3 is 0 Å². The molecule has 1 heterocycles. The second kappa shape index (κ2) is 9.22. The molecule has 0 unspecified atom stereocenters. The number of amides is 1. The van der Waals surface area contributed by atoms with Gasteiger partial charge < -0.3 is 19.7 Å². The van der Waals surface area contributed by atoms with Crippen molar-refractivity contribution in [1.82, 2.24) is 4.90 Å². The summed E-state index contributed by atoms with van der Waals surface area (Å²) in [5.74, 6) is 1.31. The SMILES string of the molecule is COc1cc(C)c(CN(C)CCC(=O)Nc2sccc2C#N)cc1OC. The molecule has 0 saturated carbocycles. The maximum atomic E-state index is 12.1. The summed E-state index contributed by atoms with van der Waals surface area (Å²) in [6.07, 6.45) is 0.353. The van der Waals surface area contributed by atoms with Crippen molar-refractivity contribution in [3.05, 3.63) is 40.3 Å². The molecule has 0 atom stereocenters. The van der Waals surface area contributed by atoms with Crippen LogP contribution in [0.4, 0.5) is 5.00 Å². The third-order valence-corrected chi connectivity index (χ3v) is 4.87. The van der Waals surface area contributed by atoms with Gasteiger partial charge in [-0.25, -0.2) is 0 Å². The molecule has 26 heavy (non-hydrogen) atoms. The minimum atomic E-state index is -0.0974. The second-order valence-electron chi connectivity index (χ2n) is 5.94. The van der Waals surface area contributed by atoms with Crippen LogP contribution in [0, 0.1) is 18.3 Å². The van der Waals surface area contributed by atoms with Gasteiger partial charge in [0.15, 0.2) is 11.5 Å². The Bertz CT molecular complexity index is 811. The van der Waals surface area contributed by atoms with E-state index >= 15 is 0 Å². The number of benzene rings is 1. The summed E-state index contributed by atoms with van der Waals surface area (Å²) in [7, 11) is 5.20. The van der Waals surface area contributed by atoms with Crippen molar-refractivity contribution >= 4 is 22.2 Å². The number of ether oxygens (including phenoxy) is 2. The fraction of sp³-hybridized carbons (Fsp3) is 0.368. The predicted molar refractivity (Wildman–Crippen MR) is 103 cm³/mol. The maximum Gasteiger partial charge on any atom is 0.226 e. The third-order valence-electron chi connectivity index (χ3n) is 4.04. The molecule has 0 radical (unpaired) electrons. The Morgan fingerprint density at radius 1 is 1.31 bits per heavy atom. The normalized spacial score (nSPS) is 10.5. The average molecular weight is 373 g/mol. The molecule has 2 rings (SSSR count). The van der Waals surface area contributed by atoms with Crippen LogP contribution in [0.3, 0.4) is 0 Å². The van der Waals surface area contributed by atoms with Gasteiger partial charge in [-0.1, -0.05) is 0 Å². The highest BCUT2D eigenvalue weighted by atomic mass is 32.1. The zero-order valence-electron chi connectivity index (χ0n) is 15.5. The molecular weight excluding hydrogens is 350 g/mol. The van der Waals surface area contributed by atoms with E-state index in [-0.39, 0.29) is 5.91 Å². The number of anilines is 1. The van der Waals surface area contributed by atoms with E-state index in [4.69, 9.17) is 14.7 Å². The number of hydrogen-bond acceptors (Lipinski definition) is 6. The van der Waals surface area contributed by atoms with E-state index in [1.165, 1.54) is 11.3 Å². The van der Waals surface area contributed by atoms with E-state index in [1.54, 1.807) is 25.7 Å². The molecule has 0 saturated heterocycles. The minimum absolute atomic E-state index is 0.0974. The number of nitrogens with zero attached hydrogens (tertiary/aromatic N) is 2. The van der Waals surface area contributed by atoms with Crippen LogP contribution >= 0.6 is 11.3 Å².